The molecule has 0 aromatic carbocycles. The molecular formula is C21H25N9O12P2. The van der Waals surface area contributed by atoms with E-state index in [2.05, 4.69) is 24.9 Å². The number of imidazole rings is 2. The molecule has 0 spiro atoms. The van der Waals surface area contributed by atoms with Gasteiger partial charge in [-0.1, -0.05) is 0 Å². The highest BCUT2D eigenvalue weighted by Crippen LogP contribution is 2.53. The van der Waals surface area contributed by atoms with Crippen molar-refractivity contribution in [2.75, 3.05) is 24.7 Å². The SMILES string of the molecule is Nc1ccnc2c1ncn2[C@@H]1O[C@@H]2COP(=O)(O)O[C@H]3[C@@H](O)[C@H](n4cnc5c(N)ncnc54)O[C@@H]3COP(=O)(O)O[C@H]2[C@H]1O. The Kier molecular flexibility index (Phi) is 7.20. The van der Waals surface area contributed by atoms with E-state index in [1.807, 2.05) is 0 Å². The van der Waals surface area contributed by atoms with Crippen LogP contribution in [0.25, 0.3) is 22.3 Å². The van der Waals surface area contributed by atoms with Gasteiger partial charge in [-0.15, -0.1) is 0 Å². The molecule has 23 heteroatoms. The van der Waals surface area contributed by atoms with Gasteiger partial charge in [-0.25, -0.2) is 34.0 Å². The second kappa shape index (κ2) is 10.7. The average Bonchev–Trinajstić information content (AvgIpc) is 3.73. The molecule has 3 saturated heterocycles. The van der Waals surface area contributed by atoms with Crippen LogP contribution in [0.5, 0.6) is 0 Å². The molecule has 8 N–H and O–H groups in total. The van der Waals surface area contributed by atoms with Gasteiger partial charge in [0.05, 0.1) is 31.6 Å². The normalized spacial score (nSPS) is 38.3. The summed E-state index contributed by atoms with van der Waals surface area (Å²) in [7, 11) is -9.99. The lowest BCUT2D eigenvalue weighted by molar-refractivity contribution is -0.0664. The molecule has 2 unspecified atom stereocenters. The van der Waals surface area contributed by atoms with Crippen LogP contribution in [0.2, 0.25) is 0 Å². The van der Waals surface area contributed by atoms with Crippen LogP contribution in [0.4, 0.5) is 11.5 Å². The summed E-state index contributed by atoms with van der Waals surface area (Å²) < 4.78 is 61.3. The molecule has 0 bridgehead atoms. The predicted octanol–water partition coefficient (Wildman–Crippen LogP) is -1.03. The van der Waals surface area contributed by atoms with E-state index in [4.69, 9.17) is 39.0 Å². The third-order valence-corrected chi connectivity index (χ3v) is 9.33. The molecule has 44 heavy (non-hydrogen) atoms. The third-order valence-electron chi connectivity index (χ3n) is 7.36. The van der Waals surface area contributed by atoms with Crippen LogP contribution in [-0.4, -0.2) is 104 Å². The van der Waals surface area contributed by atoms with Crippen molar-refractivity contribution in [3.63, 3.8) is 0 Å². The maximum absolute atomic E-state index is 13.1. The maximum Gasteiger partial charge on any atom is 0.472 e. The Morgan fingerprint density at radius 1 is 0.773 bits per heavy atom. The Balaban J connectivity index is 1.17. The second-order valence-electron chi connectivity index (χ2n) is 10.1. The third kappa shape index (κ3) is 5.06. The number of nitrogens with two attached hydrogens (primary N) is 2. The lowest BCUT2D eigenvalue weighted by atomic mass is 10.1. The number of aliphatic hydroxyl groups excluding tert-OH is 2. The van der Waals surface area contributed by atoms with E-state index in [0.717, 1.165) is 6.33 Å². The fourth-order valence-corrected chi connectivity index (χ4v) is 7.26. The molecule has 0 aliphatic carbocycles. The molecule has 7 heterocycles. The van der Waals surface area contributed by atoms with Crippen molar-refractivity contribution < 1.29 is 56.7 Å². The number of nitrogens with zero attached hydrogens (tertiary/aromatic N) is 7. The maximum atomic E-state index is 13.1. The van der Waals surface area contributed by atoms with Crippen LogP contribution in [0.1, 0.15) is 12.5 Å². The summed E-state index contributed by atoms with van der Waals surface area (Å²) in [6, 6.07) is 1.52. The number of phosphoric acid groups is 2. The Hall–Kier alpha value is -3.17. The van der Waals surface area contributed by atoms with Gasteiger partial charge in [0, 0.05) is 6.20 Å². The second-order valence-corrected chi connectivity index (χ2v) is 12.9. The monoisotopic (exact) mass is 657 g/mol. The van der Waals surface area contributed by atoms with Gasteiger partial charge < -0.3 is 40.9 Å². The van der Waals surface area contributed by atoms with Crippen molar-refractivity contribution in [1.82, 2.24) is 34.1 Å². The Morgan fingerprint density at radius 3 is 1.86 bits per heavy atom. The number of ether oxygens (including phenoxy) is 2. The molecule has 4 aromatic heterocycles. The highest BCUT2D eigenvalue weighted by Gasteiger charge is 2.54. The topological polar surface area (TPSA) is 297 Å². The van der Waals surface area contributed by atoms with Crippen molar-refractivity contribution in [3.8, 4) is 0 Å². The van der Waals surface area contributed by atoms with Crippen LogP contribution in [0, 0.1) is 0 Å². The van der Waals surface area contributed by atoms with Gasteiger partial charge in [0.2, 0.25) is 0 Å². The summed E-state index contributed by atoms with van der Waals surface area (Å²) in [5.74, 6) is 0.0535. The van der Waals surface area contributed by atoms with E-state index in [0.29, 0.717) is 11.2 Å². The van der Waals surface area contributed by atoms with E-state index in [-0.39, 0.29) is 22.6 Å². The van der Waals surface area contributed by atoms with Gasteiger partial charge in [-0.3, -0.25) is 27.2 Å². The lowest BCUT2D eigenvalue weighted by Gasteiger charge is -2.27. The molecule has 10 atom stereocenters. The Morgan fingerprint density at radius 2 is 1.30 bits per heavy atom. The van der Waals surface area contributed by atoms with Crippen LogP contribution < -0.4 is 11.5 Å². The highest BCUT2D eigenvalue weighted by molar-refractivity contribution is 7.47. The van der Waals surface area contributed by atoms with Crippen LogP contribution in [-0.2, 0) is 36.7 Å². The smallest absolute Gasteiger partial charge is 0.397 e. The molecule has 3 aliphatic heterocycles. The average molecular weight is 657 g/mol. The Bertz CT molecular complexity index is 1690. The lowest BCUT2D eigenvalue weighted by Crippen LogP contribution is -2.39. The van der Waals surface area contributed by atoms with Crippen molar-refractivity contribution in [3.05, 3.63) is 31.2 Å². The molecular weight excluding hydrogens is 632 g/mol. The summed E-state index contributed by atoms with van der Waals surface area (Å²) in [5.41, 5.74) is 13.0. The minimum absolute atomic E-state index is 0.0535. The summed E-state index contributed by atoms with van der Waals surface area (Å²) in [6.07, 6.45) is -6.90. The molecule has 3 fully saturated rings. The number of hydrogen-bond donors (Lipinski definition) is 6. The molecule has 4 aromatic rings. The predicted molar refractivity (Wildman–Crippen MR) is 143 cm³/mol. The number of aliphatic hydroxyl groups is 2. The highest BCUT2D eigenvalue weighted by atomic mass is 31.2. The standard InChI is InChI=1S/C21H25N9O12P2/c22-8-1-2-24-18-11(8)27-6-29(18)20-13(31)15-9(39-20)3-37-44(35,36)42-16-10(4-38-43(33,34)41-15)40-21(14(16)32)30-7-28-12-17(23)25-5-26-19(12)30/h1-2,5-7,9-10,13-16,20-21,31-32H,3-4H2,(H2,22,24)(H,33,34)(H,35,36)(H2,23,25,26)/t9-,10-,13-,14-,15-,16-,20-,21-/m1/s1. The molecule has 0 amide bonds. The fourth-order valence-electron chi connectivity index (χ4n) is 5.33. The van der Waals surface area contributed by atoms with E-state index in [1.165, 1.54) is 34.1 Å². The van der Waals surface area contributed by atoms with Crippen molar-refractivity contribution >= 4 is 49.5 Å². The van der Waals surface area contributed by atoms with Gasteiger partial charge in [0.25, 0.3) is 0 Å². The van der Waals surface area contributed by atoms with Gasteiger partial charge in [0.1, 0.15) is 54.0 Å². The number of phosphoric ester groups is 2. The molecule has 0 saturated carbocycles. The number of nitrogen functional groups attached to an aromatic ring is 2. The molecule has 7 rings (SSSR count). The van der Waals surface area contributed by atoms with Crippen molar-refractivity contribution in [2.24, 2.45) is 0 Å². The number of pyridine rings is 1. The van der Waals surface area contributed by atoms with Gasteiger partial charge >= 0.3 is 15.6 Å². The molecule has 3 aliphatic rings. The summed E-state index contributed by atoms with van der Waals surface area (Å²) >= 11 is 0. The first-order chi connectivity index (χ1) is 20.9. The van der Waals surface area contributed by atoms with Gasteiger partial charge in [-0.05, 0) is 6.07 Å². The number of aromatic nitrogens is 7. The number of rotatable bonds is 2. The fraction of sp³-hybridized carbons (Fsp3) is 0.476. The summed E-state index contributed by atoms with van der Waals surface area (Å²) in [4.78, 5) is 41.6. The first kappa shape index (κ1) is 29.5. The van der Waals surface area contributed by atoms with E-state index >= 15 is 0 Å². The summed E-state index contributed by atoms with van der Waals surface area (Å²) in [6.45, 7) is -1.54. The quantitative estimate of drug-likeness (QED) is 0.140. The largest absolute Gasteiger partial charge is 0.472 e. The Labute approximate surface area is 245 Å². The minimum Gasteiger partial charge on any atom is -0.397 e. The molecule has 0 radical (unpaired) electrons. The van der Waals surface area contributed by atoms with Gasteiger partial charge in [-0.2, -0.15) is 0 Å². The van der Waals surface area contributed by atoms with Crippen LogP contribution in [0.3, 0.4) is 0 Å². The first-order valence-electron chi connectivity index (χ1n) is 12.9. The summed E-state index contributed by atoms with van der Waals surface area (Å²) in [5, 5.41) is 22.3. The molecule has 21 nitrogen and oxygen atoms in total. The number of fused-ring (bicyclic) bond motifs is 4. The van der Waals surface area contributed by atoms with E-state index < -0.39 is 77.9 Å². The van der Waals surface area contributed by atoms with Crippen molar-refractivity contribution in [2.45, 2.75) is 49.1 Å². The zero-order valence-corrected chi connectivity index (χ0v) is 23.9. The van der Waals surface area contributed by atoms with E-state index in [9.17, 15) is 29.1 Å². The zero-order chi connectivity index (χ0) is 31.0. The number of anilines is 2. The van der Waals surface area contributed by atoms with Gasteiger partial charge in [0.15, 0.2) is 29.6 Å². The minimum atomic E-state index is -4.99. The van der Waals surface area contributed by atoms with Crippen molar-refractivity contribution in [1.29, 1.82) is 0 Å². The zero-order valence-electron chi connectivity index (χ0n) is 22.2. The van der Waals surface area contributed by atoms with E-state index in [1.54, 1.807) is 0 Å². The number of hydrogen-bond acceptors (Lipinski definition) is 17. The first-order valence-corrected chi connectivity index (χ1v) is 15.9. The van der Waals surface area contributed by atoms with Crippen LogP contribution >= 0.6 is 15.6 Å². The molecule has 236 valence electrons. The van der Waals surface area contributed by atoms with Crippen LogP contribution in [0.15, 0.2) is 31.2 Å².